The standard InChI is InChI=1S/C24H46N2O3S/c1-7-13-23(6,8-2)30-17-12-16-25-20(27)18-24(14-10-9-11-15-24)19-26-21(28)29-22(3,4)5/h7-19H2,1-6H3,(H,25,27)(H,26,28). The summed E-state index contributed by atoms with van der Waals surface area (Å²) in [5, 5.41) is 6.04. The van der Waals surface area contributed by atoms with Crippen LogP contribution in [-0.4, -0.2) is 41.2 Å². The zero-order valence-electron chi connectivity index (χ0n) is 20.3. The van der Waals surface area contributed by atoms with E-state index in [0.717, 1.165) is 44.4 Å². The van der Waals surface area contributed by atoms with Crippen molar-refractivity contribution < 1.29 is 14.3 Å². The predicted molar refractivity (Wildman–Crippen MR) is 128 cm³/mol. The van der Waals surface area contributed by atoms with Crippen molar-refractivity contribution in [3.63, 3.8) is 0 Å². The Kier molecular flexibility index (Phi) is 11.6. The van der Waals surface area contributed by atoms with Crippen molar-refractivity contribution in [2.75, 3.05) is 18.8 Å². The molecule has 6 heteroatoms. The fourth-order valence-corrected chi connectivity index (χ4v) is 5.53. The summed E-state index contributed by atoms with van der Waals surface area (Å²) in [6.07, 6.45) is 10.1. The van der Waals surface area contributed by atoms with E-state index in [9.17, 15) is 9.59 Å². The molecule has 0 spiro atoms. The summed E-state index contributed by atoms with van der Waals surface area (Å²) in [4.78, 5) is 24.7. The van der Waals surface area contributed by atoms with E-state index in [2.05, 4.69) is 31.4 Å². The second-order valence-electron chi connectivity index (χ2n) is 10.2. The van der Waals surface area contributed by atoms with Gasteiger partial charge < -0.3 is 15.4 Å². The summed E-state index contributed by atoms with van der Waals surface area (Å²) in [5.74, 6) is 1.19. The quantitative estimate of drug-likeness (QED) is 0.360. The third-order valence-corrected chi connectivity index (χ3v) is 7.76. The average molecular weight is 443 g/mol. The van der Waals surface area contributed by atoms with E-state index in [1.807, 2.05) is 32.5 Å². The first-order valence-electron chi connectivity index (χ1n) is 11.9. The average Bonchev–Trinajstić information content (AvgIpc) is 2.66. The molecule has 1 saturated carbocycles. The van der Waals surface area contributed by atoms with Crippen molar-refractivity contribution >= 4 is 23.8 Å². The molecule has 1 aliphatic carbocycles. The summed E-state index contributed by atoms with van der Waals surface area (Å²) in [6, 6.07) is 0. The Labute approximate surface area is 189 Å². The molecule has 0 saturated heterocycles. The SMILES string of the molecule is CCCC(C)(CC)SCCCNC(=O)CC1(CNC(=O)OC(C)(C)C)CCCCC1. The normalized spacial score (nSPS) is 18.3. The zero-order chi connectivity index (χ0) is 22.7. The van der Waals surface area contributed by atoms with E-state index in [1.165, 1.54) is 25.7 Å². The Morgan fingerprint density at radius 1 is 1.03 bits per heavy atom. The molecule has 0 aromatic rings. The minimum Gasteiger partial charge on any atom is -0.444 e. The van der Waals surface area contributed by atoms with Crippen molar-refractivity contribution in [1.29, 1.82) is 0 Å². The molecular weight excluding hydrogens is 396 g/mol. The van der Waals surface area contributed by atoms with Gasteiger partial charge in [-0.05, 0) is 64.0 Å². The van der Waals surface area contributed by atoms with E-state index in [1.54, 1.807) is 0 Å². The molecule has 1 rings (SSSR count). The van der Waals surface area contributed by atoms with E-state index in [4.69, 9.17) is 4.74 Å². The lowest BCUT2D eigenvalue weighted by molar-refractivity contribution is -0.124. The topological polar surface area (TPSA) is 67.4 Å². The van der Waals surface area contributed by atoms with Gasteiger partial charge >= 0.3 is 6.09 Å². The molecule has 0 aromatic heterocycles. The molecule has 0 radical (unpaired) electrons. The molecule has 1 unspecified atom stereocenters. The molecule has 176 valence electrons. The fraction of sp³-hybridized carbons (Fsp3) is 0.917. The molecular formula is C24H46N2O3S. The maximum Gasteiger partial charge on any atom is 0.407 e. The number of amides is 2. The number of nitrogens with one attached hydrogen (secondary N) is 2. The van der Waals surface area contributed by atoms with Crippen molar-refractivity contribution in [2.24, 2.45) is 5.41 Å². The second-order valence-corrected chi connectivity index (χ2v) is 11.9. The van der Waals surface area contributed by atoms with Gasteiger partial charge in [-0.1, -0.05) is 46.5 Å². The number of ether oxygens (including phenoxy) is 1. The number of hydrogen-bond acceptors (Lipinski definition) is 4. The van der Waals surface area contributed by atoms with Crippen LogP contribution in [0.5, 0.6) is 0 Å². The smallest absolute Gasteiger partial charge is 0.407 e. The van der Waals surface area contributed by atoms with E-state index < -0.39 is 11.7 Å². The van der Waals surface area contributed by atoms with Gasteiger partial charge in [-0.3, -0.25) is 4.79 Å². The summed E-state index contributed by atoms with van der Waals surface area (Å²) in [7, 11) is 0. The number of thioether (sulfide) groups is 1. The molecule has 5 nitrogen and oxygen atoms in total. The Hall–Kier alpha value is -0.910. The highest BCUT2D eigenvalue weighted by atomic mass is 32.2. The molecule has 2 N–H and O–H groups in total. The van der Waals surface area contributed by atoms with Crippen LogP contribution in [0.2, 0.25) is 0 Å². The second kappa shape index (κ2) is 12.8. The first kappa shape index (κ1) is 27.1. The Balaban J connectivity index is 2.43. The highest BCUT2D eigenvalue weighted by Crippen LogP contribution is 2.39. The highest BCUT2D eigenvalue weighted by Gasteiger charge is 2.35. The monoisotopic (exact) mass is 442 g/mol. The van der Waals surface area contributed by atoms with Gasteiger partial charge in [-0.15, -0.1) is 0 Å². The Morgan fingerprint density at radius 3 is 2.27 bits per heavy atom. The van der Waals surface area contributed by atoms with Gasteiger partial charge in [0, 0.05) is 24.3 Å². The van der Waals surface area contributed by atoms with Crippen LogP contribution in [-0.2, 0) is 9.53 Å². The van der Waals surface area contributed by atoms with Crippen molar-refractivity contribution in [3.05, 3.63) is 0 Å². The van der Waals surface area contributed by atoms with Gasteiger partial charge in [0.15, 0.2) is 0 Å². The number of hydrogen-bond donors (Lipinski definition) is 2. The third-order valence-electron chi connectivity index (χ3n) is 6.08. The van der Waals surface area contributed by atoms with Crippen LogP contribution in [0, 0.1) is 5.41 Å². The largest absolute Gasteiger partial charge is 0.444 e. The molecule has 2 amide bonds. The van der Waals surface area contributed by atoms with Gasteiger partial charge in [0.2, 0.25) is 5.91 Å². The van der Waals surface area contributed by atoms with Crippen LogP contribution < -0.4 is 10.6 Å². The lowest BCUT2D eigenvalue weighted by Crippen LogP contribution is -2.44. The minimum atomic E-state index is -0.510. The molecule has 0 aromatic carbocycles. The Bertz CT molecular complexity index is 527. The van der Waals surface area contributed by atoms with Crippen molar-refractivity contribution in [2.45, 2.75) is 116 Å². The van der Waals surface area contributed by atoms with E-state index in [-0.39, 0.29) is 11.3 Å². The fourth-order valence-electron chi connectivity index (χ4n) is 4.19. The Morgan fingerprint density at radius 2 is 1.70 bits per heavy atom. The van der Waals surface area contributed by atoms with Crippen molar-refractivity contribution in [3.8, 4) is 0 Å². The number of carbonyl (C=O) groups is 2. The maximum absolute atomic E-state index is 12.6. The van der Waals surface area contributed by atoms with Crippen molar-refractivity contribution in [1.82, 2.24) is 10.6 Å². The predicted octanol–water partition coefficient (Wildman–Crippen LogP) is 6.06. The van der Waals surface area contributed by atoms with Crippen LogP contribution in [0.3, 0.4) is 0 Å². The zero-order valence-corrected chi connectivity index (χ0v) is 21.1. The summed E-state index contributed by atoms with van der Waals surface area (Å²) in [5.41, 5.74) is -0.653. The molecule has 1 aliphatic rings. The van der Waals surface area contributed by atoms with Crippen LogP contribution in [0.4, 0.5) is 4.79 Å². The number of alkyl carbamates (subject to hydrolysis) is 1. The first-order chi connectivity index (χ1) is 14.0. The lowest BCUT2D eigenvalue weighted by Gasteiger charge is -2.37. The van der Waals surface area contributed by atoms with Gasteiger partial charge in [0.25, 0.3) is 0 Å². The van der Waals surface area contributed by atoms with E-state index in [0.29, 0.717) is 17.7 Å². The summed E-state index contributed by atoms with van der Waals surface area (Å²) in [6.45, 7) is 13.7. The number of carbonyl (C=O) groups excluding carboxylic acids is 2. The first-order valence-corrected chi connectivity index (χ1v) is 12.9. The van der Waals surface area contributed by atoms with Gasteiger partial charge in [-0.2, -0.15) is 11.8 Å². The molecule has 1 atom stereocenters. The minimum absolute atomic E-state index is 0.111. The van der Waals surface area contributed by atoms with Gasteiger partial charge in [-0.25, -0.2) is 4.79 Å². The lowest BCUT2D eigenvalue weighted by atomic mass is 9.71. The summed E-state index contributed by atoms with van der Waals surface area (Å²) >= 11 is 2.04. The summed E-state index contributed by atoms with van der Waals surface area (Å²) < 4.78 is 5.73. The molecule has 0 heterocycles. The third kappa shape index (κ3) is 10.9. The molecule has 0 aliphatic heterocycles. The van der Waals surface area contributed by atoms with Gasteiger partial charge in [0.05, 0.1) is 0 Å². The van der Waals surface area contributed by atoms with Crippen LogP contribution in [0.1, 0.15) is 106 Å². The number of rotatable bonds is 12. The molecule has 1 fully saturated rings. The molecule has 0 bridgehead atoms. The maximum atomic E-state index is 12.6. The molecule has 30 heavy (non-hydrogen) atoms. The van der Waals surface area contributed by atoms with Crippen LogP contribution in [0.25, 0.3) is 0 Å². The van der Waals surface area contributed by atoms with Crippen LogP contribution >= 0.6 is 11.8 Å². The highest BCUT2D eigenvalue weighted by molar-refractivity contribution is 8.00. The van der Waals surface area contributed by atoms with Gasteiger partial charge in [0.1, 0.15) is 5.60 Å². The van der Waals surface area contributed by atoms with Crippen LogP contribution in [0.15, 0.2) is 0 Å². The van der Waals surface area contributed by atoms with E-state index >= 15 is 0 Å².